The first-order valence-corrected chi connectivity index (χ1v) is 10.2. The largest absolute Gasteiger partial charge is 0.324 e. The highest BCUT2D eigenvalue weighted by molar-refractivity contribution is 9.10. The van der Waals surface area contributed by atoms with E-state index in [1.165, 1.54) is 18.2 Å². The maximum absolute atomic E-state index is 12.8. The minimum absolute atomic E-state index is 0.0501. The Balaban J connectivity index is 2.22. The highest BCUT2D eigenvalue weighted by Gasteiger charge is 2.27. The predicted molar refractivity (Wildman–Crippen MR) is 104 cm³/mol. The summed E-state index contributed by atoms with van der Waals surface area (Å²) in [5, 5.41) is 2.97. The van der Waals surface area contributed by atoms with Crippen LogP contribution in [0.15, 0.2) is 51.8 Å². The maximum atomic E-state index is 12.8. The molecule has 0 fully saturated rings. The molecule has 134 valence electrons. The Morgan fingerprint density at radius 2 is 1.88 bits per heavy atom. The molecule has 9 heteroatoms. The predicted octanol–water partition coefficient (Wildman–Crippen LogP) is 4.41. The zero-order valence-electron chi connectivity index (χ0n) is 13.2. The van der Waals surface area contributed by atoms with Crippen molar-refractivity contribution in [2.45, 2.75) is 11.8 Å². The van der Waals surface area contributed by atoms with Crippen LogP contribution in [-0.2, 0) is 14.8 Å². The minimum atomic E-state index is -3.96. The second-order valence-electron chi connectivity index (χ2n) is 5.03. The number of amides is 1. The molecule has 1 amide bonds. The van der Waals surface area contributed by atoms with E-state index in [9.17, 15) is 13.2 Å². The van der Waals surface area contributed by atoms with Gasteiger partial charge in [-0.05, 0) is 46.3 Å². The van der Waals surface area contributed by atoms with Gasteiger partial charge in [-0.25, -0.2) is 8.42 Å². The zero-order chi connectivity index (χ0) is 18.6. The van der Waals surface area contributed by atoms with Gasteiger partial charge >= 0.3 is 0 Å². The molecule has 0 spiro atoms. The molecule has 0 aliphatic carbocycles. The molecule has 0 atom stereocenters. The molecule has 0 aliphatic rings. The molecule has 0 radical (unpaired) electrons. The average molecular weight is 466 g/mol. The number of anilines is 1. The number of carbonyl (C=O) groups is 1. The van der Waals surface area contributed by atoms with Crippen molar-refractivity contribution in [3.63, 3.8) is 0 Å². The summed E-state index contributed by atoms with van der Waals surface area (Å²) >= 11 is 15.2. The quantitative estimate of drug-likeness (QED) is 0.687. The lowest BCUT2D eigenvalue weighted by Gasteiger charge is -2.21. The standard InChI is InChI=1S/C16H15BrCl2N2O3S/c1-2-21(10-16(22)20-14-6-4-3-5-12(14)17)25(23,24)15-9-11(18)7-8-13(15)19/h3-9H,2,10H2,1H3,(H,20,22). The van der Waals surface area contributed by atoms with Crippen LogP contribution in [0.1, 0.15) is 6.92 Å². The molecule has 5 nitrogen and oxygen atoms in total. The maximum Gasteiger partial charge on any atom is 0.245 e. The number of hydrogen-bond donors (Lipinski definition) is 1. The van der Waals surface area contributed by atoms with E-state index >= 15 is 0 Å². The number of carbonyl (C=O) groups excluding carboxylic acids is 1. The van der Waals surface area contributed by atoms with Crippen molar-refractivity contribution < 1.29 is 13.2 Å². The Morgan fingerprint density at radius 1 is 1.20 bits per heavy atom. The third kappa shape index (κ3) is 4.95. The van der Waals surface area contributed by atoms with Crippen LogP contribution in [0, 0.1) is 0 Å². The van der Waals surface area contributed by atoms with Crippen LogP contribution in [0.5, 0.6) is 0 Å². The summed E-state index contributed by atoms with van der Waals surface area (Å²) in [5.41, 5.74) is 0.557. The number of likely N-dealkylation sites (N-methyl/N-ethyl adjacent to an activating group) is 1. The summed E-state index contributed by atoms with van der Waals surface area (Å²) in [4.78, 5) is 12.1. The van der Waals surface area contributed by atoms with Gasteiger partial charge in [0.05, 0.1) is 17.3 Å². The highest BCUT2D eigenvalue weighted by Crippen LogP contribution is 2.28. The lowest BCUT2D eigenvalue weighted by atomic mass is 10.3. The van der Waals surface area contributed by atoms with Gasteiger partial charge in [0.15, 0.2) is 0 Å². The Labute approximate surface area is 165 Å². The van der Waals surface area contributed by atoms with E-state index in [2.05, 4.69) is 21.2 Å². The summed E-state index contributed by atoms with van der Waals surface area (Å²) in [7, 11) is -3.96. The van der Waals surface area contributed by atoms with Crippen molar-refractivity contribution in [3.8, 4) is 0 Å². The number of hydrogen-bond acceptors (Lipinski definition) is 3. The second kappa shape index (κ2) is 8.51. The molecule has 0 bridgehead atoms. The van der Waals surface area contributed by atoms with E-state index < -0.39 is 15.9 Å². The van der Waals surface area contributed by atoms with Gasteiger partial charge in [-0.15, -0.1) is 0 Å². The topological polar surface area (TPSA) is 66.5 Å². The van der Waals surface area contributed by atoms with Crippen molar-refractivity contribution in [2.75, 3.05) is 18.4 Å². The molecule has 1 N–H and O–H groups in total. The number of benzene rings is 2. The van der Waals surface area contributed by atoms with E-state index in [-0.39, 0.29) is 28.0 Å². The van der Waals surface area contributed by atoms with Crippen LogP contribution in [-0.4, -0.2) is 31.7 Å². The number of nitrogens with zero attached hydrogens (tertiary/aromatic N) is 1. The Kier molecular flexibility index (Phi) is 6.87. The summed E-state index contributed by atoms with van der Waals surface area (Å²) in [6.07, 6.45) is 0. The van der Waals surface area contributed by atoms with Gasteiger partial charge in [0.1, 0.15) is 4.90 Å². The first-order chi connectivity index (χ1) is 11.8. The number of para-hydroxylation sites is 1. The fourth-order valence-corrected chi connectivity index (χ4v) is 4.62. The van der Waals surface area contributed by atoms with Gasteiger partial charge in [0.25, 0.3) is 0 Å². The number of rotatable bonds is 6. The number of nitrogens with one attached hydrogen (secondary N) is 1. The van der Waals surface area contributed by atoms with Gasteiger partial charge in [-0.1, -0.05) is 42.3 Å². The first-order valence-electron chi connectivity index (χ1n) is 7.25. The van der Waals surface area contributed by atoms with E-state index in [0.29, 0.717) is 10.2 Å². The molecular weight excluding hydrogens is 451 g/mol. The van der Waals surface area contributed by atoms with Crippen LogP contribution < -0.4 is 5.32 Å². The highest BCUT2D eigenvalue weighted by atomic mass is 79.9. The van der Waals surface area contributed by atoms with E-state index in [0.717, 1.165) is 4.31 Å². The normalized spacial score (nSPS) is 11.6. The smallest absolute Gasteiger partial charge is 0.245 e. The fraction of sp³-hybridized carbons (Fsp3) is 0.188. The molecule has 0 heterocycles. The molecule has 0 unspecified atom stereocenters. The SMILES string of the molecule is CCN(CC(=O)Nc1ccccc1Br)S(=O)(=O)c1cc(Cl)ccc1Cl. The Hall–Kier alpha value is -1.12. The van der Waals surface area contributed by atoms with Crippen molar-refractivity contribution in [1.82, 2.24) is 4.31 Å². The molecule has 2 rings (SSSR count). The summed E-state index contributed by atoms with van der Waals surface area (Å²) in [6, 6.07) is 11.2. The van der Waals surface area contributed by atoms with Crippen LogP contribution in [0.4, 0.5) is 5.69 Å². The van der Waals surface area contributed by atoms with Gasteiger partial charge in [-0.3, -0.25) is 4.79 Å². The zero-order valence-corrected chi connectivity index (χ0v) is 17.1. The summed E-state index contributed by atoms with van der Waals surface area (Å²) in [6.45, 7) is 1.40. The van der Waals surface area contributed by atoms with Gasteiger partial charge in [0, 0.05) is 16.0 Å². The van der Waals surface area contributed by atoms with Crippen LogP contribution >= 0.6 is 39.1 Å². The molecule has 0 saturated carbocycles. The monoisotopic (exact) mass is 464 g/mol. The minimum Gasteiger partial charge on any atom is -0.324 e. The molecule has 25 heavy (non-hydrogen) atoms. The lowest BCUT2D eigenvalue weighted by molar-refractivity contribution is -0.116. The van der Waals surface area contributed by atoms with Gasteiger partial charge in [0.2, 0.25) is 15.9 Å². The fourth-order valence-electron chi connectivity index (χ4n) is 2.09. The molecule has 2 aromatic rings. The van der Waals surface area contributed by atoms with Crippen LogP contribution in [0.25, 0.3) is 0 Å². The van der Waals surface area contributed by atoms with Crippen molar-refractivity contribution in [2.24, 2.45) is 0 Å². The Bertz CT molecular complexity index is 891. The number of halogens is 3. The van der Waals surface area contributed by atoms with Gasteiger partial charge < -0.3 is 5.32 Å². The van der Waals surface area contributed by atoms with Crippen molar-refractivity contribution in [3.05, 3.63) is 57.0 Å². The van der Waals surface area contributed by atoms with Crippen LogP contribution in [0.2, 0.25) is 10.0 Å². The van der Waals surface area contributed by atoms with Crippen molar-refractivity contribution >= 4 is 60.7 Å². The molecule has 0 saturated heterocycles. The first kappa shape index (κ1) is 20.2. The van der Waals surface area contributed by atoms with E-state index in [4.69, 9.17) is 23.2 Å². The van der Waals surface area contributed by atoms with E-state index in [1.54, 1.807) is 25.1 Å². The molecular formula is C16H15BrCl2N2O3S. The number of sulfonamides is 1. The van der Waals surface area contributed by atoms with Crippen molar-refractivity contribution in [1.29, 1.82) is 0 Å². The van der Waals surface area contributed by atoms with E-state index in [1.807, 2.05) is 6.07 Å². The third-order valence-electron chi connectivity index (χ3n) is 3.33. The molecule has 0 aliphatic heterocycles. The summed E-state index contributed by atoms with van der Waals surface area (Å²) in [5.74, 6) is -0.463. The second-order valence-corrected chi connectivity index (χ2v) is 8.64. The third-order valence-corrected chi connectivity index (χ3v) is 6.66. The summed E-state index contributed by atoms with van der Waals surface area (Å²) < 4.78 is 27.3. The lowest BCUT2D eigenvalue weighted by Crippen LogP contribution is -2.38. The van der Waals surface area contributed by atoms with Crippen LogP contribution in [0.3, 0.4) is 0 Å². The van der Waals surface area contributed by atoms with Gasteiger partial charge in [-0.2, -0.15) is 4.31 Å². The molecule has 0 aromatic heterocycles. The molecule has 2 aromatic carbocycles. The average Bonchev–Trinajstić information content (AvgIpc) is 2.56. The Morgan fingerprint density at radius 3 is 2.52 bits per heavy atom.